The first-order chi connectivity index (χ1) is 8.13. The van der Waals surface area contributed by atoms with E-state index in [0.29, 0.717) is 0 Å². The summed E-state index contributed by atoms with van der Waals surface area (Å²) in [5.41, 5.74) is 2.48. The molecule has 90 valence electrons. The number of rotatable bonds is 4. The van der Waals surface area contributed by atoms with Gasteiger partial charge in [-0.15, -0.1) is 0 Å². The lowest BCUT2D eigenvalue weighted by Crippen LogP contribution is -2.27. The second-order valence-corrected chi connectivity index (χ2v) is 5.23. The molecular weight excluding hydrogens is 208 g/mol. The summed E-state index contributed by atoms with van der Waals surface area (Å²) in [6.45, 7) is 2.16. The minimum Gasteiger partial charge on any atom is -0.301 e. The fourth-order valence-electron chi connectivity index (χ4n) is 2.63. The molecule has 2 nitrogen and oxygen atoms in total. The summed E-state index contributed by atoms with van der Waals surface area (Å²) in [6.07, 6.45) is 3.13. The second kappa shape index (κ2) is 4.50. The number of hydrogen-bond acceptors (Lipinski definition) is 2. The molecule has 0 N–H and O–H groups in total. The fraction of sp³-hybridized carbons (Fsp3) is 0.533. The molecule has 1 atom stereocenters. The van der Waals surface area contributed by atoms with Gasteiger partial charge in [0.15, 0.2) is 0 Å². The lowest BCUT2D eigenvalue weighted by atomic mass is 9.90. The van der Waals surface area contributed by atoms with Crippen molar-refractivity contribution in [1.29, 1.82) is 5.26 Å². The van der Waals surface area contributed by atoms with Gasteiger partial charge in [-0.25, -0.2) is 0 Å². The summed E-state index contributed by atoms with van der Waals surface area (Å²) < 4.78 is 0. The molecule has 0 spiro atoms. The van der Waals surface area contributed by atoms with Gasteiger partial charge in [-0.3, -0.25) is 0 Å². The zero-order chi connectivity index (χ0) is 12.5. The van der Waals surface area contributed by atoms with Crippen LogP contribution in [0, 0.1) is 16.7 Å². The van der Waals surface area contributed by atoms with Gasteiger partial charge in [0.25, 0.3) is 0 Å². The third-order valence-corrected chi connectivity index (χ3v) is 3.75. The van der Waals surface area contributed by atoms with E-state index in [1.165, 1.54) is 11.1 Å². The third kappa shape index (κ3) is 2.21. The van der Waals surface area contributed by atoms with Gasteiger partial charge in [0.2, 0.25) is 0 Å². The number of aryl methyl sites for hydroxylation is 1. The molecule has 0 aromatic heterocycles. The summed E-state index contributed by atoms with van der Waals surface area (Å²) in [5, 5.41) is 9.36. The molecule has 0 saturated heterocycles. The van der Waals surface area contributed by atoms with Gasteiger partial charge in [0.05, 0.1) is 17.5 Å². The first kappa shape index (κ1) is 12.1. The van der Waals surface area contributed by atoms with Crippen LogP contribution < -0.4 is 0 Å². The van der Waals surface area contributed by atoms with Crippen LogP contribution in [0.3, 0.4) is 0 Å². The van der Waals surface area contributed by atoms with E-state index in [9.17, 15) is 5.26 Å². The van der Waals surface area contributed by atoms with E-state index in [2.05, 4.69) is 56.3 Å². The molecule has 0 amide bonds. The Morgan fingerprint density at radius 3 is 2.24 bits per heavy atom. The van der Waals surface area contributed by atoms with E-state index in [1.54, 1.807) is 0 Å². The lowest BCUT2D eigenvalue weighted by molar-refractivity contribution is 0.232. The molecular formula is C15H20N2. The van der Waals surface area contributed by atoms with E-state index in [1.807, 2.05) is 0 Å². The highest BCUT2D eigenvalue weighted by Gasteiger charge is 2.51. The van der Waals surface area contributed by atoms with Crippen LogP contribution in [0.15, 0.2) is 24.3 Å². The molecule has 1 aliphatic carbocycles. The van der Waals surface area contributed by atoms with Crippen LogP contribution in [0.4, 0.5) is 0 Å². The molecule has 1 aliphatic rings. The van der Waals surface area contributed by atoms with Crippen LogP contribution in [0.5, 0.6) is 0 Å². The van der Waals surface area contributed by atoms with Crippen molar-refractivity contribution >= 4 is 0 Å². The molecule has 0 radical (unpaired) electrons. The van der Waals surface area contributed by atoms with Crippen molar-refractivity contribution in [2.45, 2.75) is 32.2 Å². The number of benzene rings is 1. The average Bonchev–Trinajstić information content (AvgIpc) is 3.11. The Morgan fingerprint density at radius 2 is 1.88 bits per heavy atom. The molecule has 2 rings (SSSR count). The summed E-state index contributed by atoms with van der Waals surface area (Å²) in [6, 6.07) is 11.5. The maximum absolute atomic E-state index is 9.36. The van der Waals surface area contributed by atoms with Crippen molar-refractivity contribution in [2.75, 3.05) is 14.1 Å². The van der Waals surface area contributed by atoms with E-state index in [0.717, 1.165) is 19.3 Å². The average molecular weight is 228 g/mol. The molecule has 1 aromatic rings. The highest BCUT2D eigenvalue weighted by Crippen LogP contribution is 2.56. The highest BCUT2D eigenvalue weighted by molar-refractivity contribution is 5.31. The minimum atomic E-state index is -0.142. The van der Waals surface area contributed by atoms with Crippen LogP contribution in [0.2, 0.25) is 0 Å². The van der Waals surface area contributed by atoms with Crippen molar-refractivity contribution in [3.8, 4) is 6.07 Å². The Labute approximate surface area is 104 Å². The SMILES string of the molecule is CCc1ccc(C(N(C)C)C2(C#N)CC2)cc1. The van der Waals surface area contributed by atoms with E-state index in [-0.39, 0.29) is 11.5 Å². The molecule has 0 heterocycles. The van der Waals surface area contributed by atoms with Crippen LogP contribution in [0.25, 0.3) is 0 Å². The monoisotopic (exact) mass is 228 g/mol. The maximum atomic E-state index is 9.36. The number of nitrogens with zero attached hydrogens (tertiary/aromatic N) is 2. The summed E-state index contributed by atoms with van der Waals surface area (Å²) in [7, 11) is 4.13. The first-order valence-electron chi connectivity index (χ1n) is 6.29. The van der Waals surface area contributed by atoms with Gasteiger partial charge >= 0.3 is 0 Å². The van der Waals surface area contributed by atoms with Gasteiger partial charge in [0, 0.05) is 0 Å². The maximum Gasteiger partial charge on any atom is 0.0771 e. The normalized spacial score (nSPS) is 18.8. The van der Waals surface area contributed by atoms with Gasteiger partial charge < -0.3 is 4.90 Å². The largest absolute Gasteiger partial charge is 0.301 e. The van der Waals surface area contributed by atoms with Crippen molar-refractivity contribution in [3.05, 3.63) is 35.4 Å². The quantitative estimate of drug-likeness (QED) is 0.791. The predicted octanol–water partition coefficient (Wildman–Crippen LogP) is 3.16. The van der Waals surface area contributed by atoms with Gasteiger partial charge in [-0.05, 0) is 44.5 Å². The molecule has 1 aromatic carbocycles. The molecule has 0 bridgehead atoms. The Balaban J connectivity index is 2.31. The Hall–Kier alpha value is -1.33. The molecule has 2 heteroatoms. The first-order valence-corrected chi connectivity index (χ1v) is 6.29. The topological polar surface area (TPSA) is 27.0 Å². The Bertz CT molecular complexity index is 421. The van der Waals surface area contributed by atoms with Gasteiger partial charge in [-0.1, -0.05) is 31.2 Å². The smallest absolute Gasteiger partial charge is 0.0771 e. The summed E-state index contributed by atoms with van der Waals surface area (Å²) in [4.78, 5) is 2.18. The highest BCUT2D eigenvalue weighted by atomic mass is 15.1. The zero-order valence-electron chi connectivity index (χ0n) is 10.9. The molecule has 17 heavy (non-hydrogen) atoms. The molecule has 1 fully saturated rings. The summed E-state index contributed by atoms with van der Waals surface area (Å²) >= 11 is 0. The van der Waals surface area contributed by atoms with Crippen molar-refractivity contribution in [2.24, 2.45) is 5.41 Å². The lowest BCUT2D eigenvalue weighted by Gasteiger charge is -2.29. The second-order valence-electron chi connectivity index (χ2n) is 5.23. The minimum absolute atomic E-state index is 0.142. The van der Waals surface area contributed by atoms with Crippen LogP contribution in [-0.2, 0) is 6.42 Å². The standard InChI is InChI=1S/C15H20N2/c1-4-12-5-7-13(8-6-12)14(17(2)3)15(11-16)9-10-15/h5-8,14H,4,9-10H2,1-3H3. The number of hydrogen-bond donors (Lipinski definition) is 0. The zero-order valence-corrected chi connectivity index (χ0v) is 10.9. The third-order valence-electron chi connectivity index (χ3n) is 3.75. The van der Waals surface area contributed by atoms with Gasteiger partial charge in [-0.2, -0.15) is 5.26 Å². The van der Waals surface area contributed by atoms with E-state index < -0.39 is 0 Å². The predicted molar refractivity (Wildman–Crippen MR) is 69.5 cm³/mol. The summed E-state index contributed by atoms with van der Waals surface area (Å²) in [5.74, 6) is 0. The van der Waals surface area contributed by atoms with Gasteiger partial charge in [0.1, 0.15) is 0 Å². The van der Waals surface area contributed by atoms with E-state index >= 15 is 0 Å². The molecule has 1 unspecified atom stereocenters. The van der Waals surface area contributed by atoms with Crippen LogP contribution >= 0.6 is 0 Å². The van der Waals surface area contributed by atoms with Crippen molar-refractivity contribution in [1.82, 2.24) is 4.90 Å². The molecule has 0 aliphatic heterocycles. The van der Waals surface area contributed by atoms with E-state index in [4.69, 9.17) is 0 Å². The van der Waals surface area contributed by atoms with Crippen molar-refractivity contribution < 1.29 is 0 Å². The number of nitriles is 1. The molecule has 1 saturated carbocycles. The van der Waals surface area contributed by atoms with Crippen LogP contribution in [0.1, 0.15) is 36.9 Å². The Morgan fingerprint density at radius 1 is 1.29 bits per heavy atom. The van der Waals surface area contributed by atoms with Crippen molar-refractivity contribution in [3.63, 3.8) is 0 Å². The Kier molecular flexibility index (Phi) is 3.22. The fourth-order valence-corrected chi connectivity index (χ4v) is 2.63. The van der Waals surface area contributed by atoms with Crippen LogP contribution in [-0.4, -0.2) is 19.0 Å².